The summed E-state index contributed by atoms with van der Waals surface area (Å²) in [6, 6.07) is 4.60. The van der Waals surface area contributed by atoms with E-state index in [1.807, 2.05) is 27.7 Å². The fraction of sp³-hybridized carbons (Fsp3) is 0.533. The zero-order valence-corrected chi connectivity index (χ0v) is 15.1. The van der Waals surface area contributed by atoms with Crippen LogP contribution in [0.2, 0.25) is 0 Å². The molecule has 0 unspecified atom stereocenters. The third kappa shape index (κ3) is 3.76. The lowest BCUT2D eigenvalue weighted by Crippen LogP contribution is -2.41. The maximum atomic E-state index is 11.9. The van der Waals surface area contributed by atoms with Crippen molar-refractivity contribution < 1.29 is 22.5 Å². The molecule has 6 nitrogen and oxygen atoms in total. The molecule has 0 spiro atoms. The highest BCUT2D eigenvalue weighted by Gasteiger charge is 2.51. The molecule has 0 bridgehead atoms. The van der Waals surface area contributed by atoms with Gasteiger partial charge in [-0.05, 0) is 51.4 Å². The number of hydrogen-bond acceptors (Lipinski definition) is 5. The van der Waals surface area contributed by atoms with E-state index in [1.165, 1.54) is 19.1 Å². The molecular formula is C15H22BNO5S. The average molecular weight is 339 g/mol. The molecule has 1 aliphatic heterocycles. The van der Waals surface area contributed by atoms with Crippen molar-refractivity contribution in [2.75, 3.05) is 11.6 Å². The summed E-state index contributed by atoms with van der Waals surface area (Å²) in [5.74, 6) is -0.282. The molecule has 126 valence electrons. The van der Waals surface area contributed by atoms with Gasteiger partial charge in [-0.15, -0.1) is 0 Å². The van der Waals surface area contributed by atoms with Gasteiger partial charge in [-0.2, -0.15) is 0 Å². The van der Waals surface area contributed by atoms with Crippen LogP contribution in [0.25, 0.3) is 0 Å². The Balaban J connectivity index is 2.49. The molecule has 1 amide bonds. The summed E-state index contributed by atoms with van der Waals surface area (Å²) in [6.45, 7) is 9.04. The van der Waals surface area contributed by atoms with Gasteiger partial charge in [0, 0.05) is 18.9 Å². The minimum absolute atomic E-state index is 0.105. The third-order valence-electron chi connectivity index (χ3n) is 4.20. The predicted molar refractivity (Wildman–Crippen MR) is 89.6 cm³/mol. The van der Waals surface area contributed by atoms with Crippen molar-refractivity contribution in [1.82, 2.24) is 0 Å². The van der Waals surface area contributed by atoms with Gasteiger partial charge in [0.05, 0.1) is 16.1 Å². The number of hydrogen-bond donors (Lipinski definition) is 1. The first-order valence-corrected chi connectivity index (χ1v) is 9.19. The molecule has 0 radical (unpaired) electrons. The lowest BCUT2D eigenvalue weighted by molar-refractivity contribution is -0.114. The van der Waals surface area contributed by atoms with E-state index in [2.05, 4.69) is 5.32 Å². The highest BCUT2D eigenvalue weighted by molar-refractivity contribution is 7.90. The minimum Gasteiger partial charge on any atom is -0.399 e. The molecule has 1 aromatic carbocycles. The molecular weight excluding hydrogens is 317 g/mol. The van der Waals surface area contributed by atoms with E-state index in [1.54, 1.807) is 6.07 Å². The number of benzene rings is 1. The second-order valence-corrected chi connectivity index (χ2v) is 8.85. The highest BCUT2D eigenvalue weighted by atomic mass is 32.2. The summed E-state index contributed by atoms with van der Waals surface area (Å²) in [5.41, 5.74) is -0.125. The van der Waals surface area contributed by atoms with E-state index in [9.17, 15) is 13.2 Å². The van der Waals surface area contributed by atoms with Gasteiger partial charge in [0.15, 0.2) is 9.84 Å². The van der Waals surface area contributed by atoms with E-state index in [0.717, 1.165) is 6.26 Å². The Hall–Kier alpha value is -1.38. The van der Waals surface area contributed by atoms with Crippen LogP contribution in [0, 0.1) is 0 Å². The molecule has 1 heterocycles. The number of anilines is 1. The number of amides is 1. The fourth-order valence-corrected chi connectivity index (χ4v) is 2.92. The first kappa shape index (κ1) is 18.0. The summed E-state index contributed by atoms with van der Waals surface area (Å²) in [4.78, 5) is 11.4. The van der Waals surface area contributed by atoms with Crippen LogP contribution in [0.4, 0.5) is 5.69 Å². The smallest absolute Gasteiger partial charge is 0.399 e. The van der Waals surface area contributed by atoms with Crippen LogP contribution in [0.15, 0.2) is 23.1 Å². The van der Waals surface area contributed by atoms with Crippen molar-refractivity contribution in [2.45, 2.75) is 50.7 Å². The lowest BCUT2D eigenvalue weighted by Gasteiger charge is -2.32. The number of rotatable bonds is 3. The van der Waals surface area contributed by atoms with Gasteiger partial charge >= 0.3 is 7.12 Å². The van der Waals surface area contributed by atoms with Crippen LogP contribution in [-0.4, -0.2) is 38.9 Å². The predicted octanol–water partition coefficient (Wildman–Crippen LogP) is 1.35. The van der Waals surface area contributed by atoms with E-state index >= 15 is 0 Å². The molecule has 1 N–H and O–H groups in total. The zero-order chi connectivity index (χ0) is 17.6. The first-order valence-electron chi connectivity index (χ1n) is 7.30. The third-order valence-corrected chi connectivity index (χ3v) is 5.29. The molecule has 8 heteroatoms. The quantitative estimate of drug-likeness (QED) is 0.841. The van der Waals surface area contributed by atoms with Crippen LogP contribution in [0.1, 0.15) is 34.6 Å². The Morgan fingerprint density at radius 3 is 2.04 bits per heavy atom. The van der Waals surface area contributed by atoms with Gasteiger partial charge in [0.25, 0.3) is 0 Å². The van der Waals surface area contributed by atoms with Crippen molar-refractivity contribution >= 4 is 34.0 Å². The summed E-state index contributed by atoms with van der Waals surface area (Å²) in [7, 11) is -4.13. The molecule has 23 heavy (non-hydrogen) atoms. The van der Waals surface area contributed by atoms with Gasteiger partial charge in [0.2, 0.25) is 5.91 Å². The molecule has 1 saturated heterocycles. The molecule has 1 aliphatic rings. The van der Waals surface area contributed by atoms with Crippen molar-refractivity contribution in [3.63, 3.8) is 0 Å². The zero-order valence-electron chi connectivity index (χ0n) is 14.3. The van der Waals surface area contributed by atoms with E-state index in [-0.39, 0.29) is 10.8 Å². The number of nitrogens with one attached hydrogen (secondary N) is 1. The maximum Gasteiger partial charge on any atom is 0.494 e. The van der Waals surface area contributed by atoms with Gasteiger partial charge in [-0.1, -0.05) is 0 Å². The number of carbonyl (C=O) groups excluding carboxylic acids is 1. The van der Waals surface area contributed by atoms with Gasteiger partial charge in [0.1, 0.15) is 0 Å². The molecule has 1 fully saturated rings. The molecule has 0 saturated carbocycles. The Bertz CT molecular complexity index is 726. The summed E-state index contributed by atoms with van der Waals surface area (Å²) >= 11 is 0. The molecule has 0 atom stereocenters. The number of sulfone groups is 1. The van der Waals surface area contributed by atoms with Crippen molar-refractivity contribution in [2.24, 2.45) is 0 Å². The van der Waals surface area contributed by atoms with Gasteiger partial charge in [-0.3, -0.25) is 4.79 Å². The Morgan fingerprint density at radius 2 is 1.61 bits per heavy atom. The second kappa shape index (κ2) is 5.61. The van der Waals surface area contributed by atoms with Gasteiger partial charge < -0.3 is 14.6 Å². The van der Waals surface area contributed by atoms with Crippen LogP contribution < -0.4 is 10.8 Å². The van der Waals surface area contributed by atoms with Gasteiger partial charge in [-0.25, -0.2) is 8.42 Å². The molecule has 2 rings (SSSR count). The monoisotopic (exact) mass is 339 g/mol. The van der Waals surface area contributed by atoms with Crippen molar-refractivity contribution in [3.05, 3.63) is 18.2 Å². The fourth-order valence-electron chi connectivity index (χ4n) is 2.23. The number of carbonyl (C=O) groups is 1. The summed E-state index contributed by atoms with van der Waals surface area (Å²) in [5, 5.41) is 2.61. The standard InChI is InChI=1S/C15H22BNO5S/c1-10(18)17-12-7-11(8-13(9-12)23(6,19)20)16-21-14(2,3)15(4,5)22-16/h7-9H,1-6H3,(H,17,18). The molecule has 1 aromatic rings. The normalized spacial score (nSPS) is 19.7. The van der Waals surface area contributed by atoms with E-state index in [0.29, 0.717) is 11.2 Å². The van der Waals surface area contributed by atoms with Crippen LogP contribution >= 0.6 is 0 Å². The van der Waals surface area contributed by atoms with E-state index < -0.39 is 28.2 Å². The lowest BCUT2D eigenvalue weighted by atomic mass is 9.79. The molecule has 0 aliphatic carbocycles. The summed E-state index contributed by atoms with van der Waals surface area (Å²) in [6.07, 6.45) is 1.12. The Morgan fingerprint density at radius 1 is 1.09 bits per heavy atom. The van der Waals surface area contributed by atoms with Crippen LogP contribution in [-0.2, 0) is 23.9 Å². The second-order valence-electron chi connectivity index (χ2n) is 6.83. The Labute approximate surface area is 137 Å². The maximum absolute atomic E-state index is 11.9. The highest BCUT2D eigenvalue weighted by Crippen LogP contribution is 2.36. The average Bonchev–Trinajstić information content (AvgIpc) is 2.56. The van der Waals surface area contributed by atoms with E-state index in [4.69, 9.17) is 9.31 Å². The minimum atomic E-state index is -3.43. The largest absolute Gasteiger partial charge is 0.494 e. The SMILES string of the molecule is CC(=O)Nc1cc(B2OC(C)(C)C(C)(C)O2)cc(S(C)(=O)=O)c1. The van der Waals surface area contributed by atoms with Crippen molar-refractivity contribution in [1.29, 1.82) is 0 Å². The summed E-state index contributed by atoms with van der Waals surface area (Å²) < 4.78 is 35.7. The Kier molecular flexibility index (Phi) is 4.38. The van der Waals surface area contributed by atoms with Crippen LogP contribution in [0.5, 0.6) is 0 Å². The molecule has 0 aromatic heterocycles. The van der Waals surface area contributed by atoms with Crippen LogP contribution in [0.3, 0.4) is 0 Å². The first-order chi connectivity index (χ1) is 10.3. The van der Waals surface area contributed by atoms with Crippen molar-refractivity contribution in [3.8, 4) is 0 Å². The topological polar surface area (TPSA) is 81.7 Å².